The number of nitrogens with zero attached hydrogens (tertiary/aromatic N) is 1. The Balaban J connectivity index is 1.83. The Morgan fingerprint density at radius 1 is 1.10 bits per heavy atom. The Kier molecular flexibility index (Phi) is 5.30. The summed E-state index contributed by atoms with van der Waals surface area (Å²) in [4.78, 5) is 25.9. The molecule has 0 atom stereocenters. The second-order valence-corrected chi connectivity index (χ2v) is 5.10. The zero-order chi connectivity index (χ0) is 14.4. The van der Waals surface area contributed by atoms with Gasteiger partial charge >= 0.3 is 0 Å². The second kappa shape index (κ2) is 7.20. The molecule has 20 heavy (non-hydrogen) atoms. The van der Waals surface area contributed by atoms with Crippen LogP contribution >= 0.6 is 0 Å². The fourth-order valence-electron chi connectivity index (χ4n) is 2.36. The van der Waals surface area contributed by atoms with Crippen LogP contribution in [0.15, 0.2) is 24.3 Å². The van der Waals surface area contributed by atoms with Gasteiger partial charge in [0.15, 0.2) is 5.78 Å². The molecular weight excluding hydrogens is 252 g/mol. The van der Waals surface area contributed by atoms with Crippen molar-refractivity contribution >= 4 is 11.7 Å². The van der Waals surface area contributed by atoms with Crippen LogP contribution < -0.4 is 5.32 Å². The zero-order valence-electron chi connectivity index (χ0n) is 12.0. The summed E-state index contributed by atoms with van der Waals surface area (Å²) in [6.07, 6.45) is 1.58. The number of Topliss-reactive ketones (excluding diaryl/α,β-unsaturated/α-hetero) is 1. The van der Waals surface area contributed by atoms with Gasteiger partial charge in [-0.15, -0.1) is 0 Å². The van der Waals surface area contributed by atoms with E-state index in [1.807, 2.05) is 29.2 Å². The van der Waals surface area contributed by atoms with Gasteiger partial charge in [0.05, 0.1) is 0 Å². The van der Waals surface area contributed by atoms with E-state index in [4.69, 9.17) is 0 Å². The quantitative estimate of drug-likeness (QED) is 0.831. The van der Waals surface area contributed by atoms with Gasteiger partial charge in [0.2, 0.25) is 5.91 Å². The molecule has 1 heterocycles. The van der Waals surface area contributed by atoms with Crippen LogP contribution in [0.3, 0.4) is 0 Å². The van der Waals surface area contributed by atoms with Gasteiger partial charge in [-0.25, -0.2) is 0 Å². The molecule has 1 aromatic carbocycles. The fraction of sp³-hybridized carbons (Fsp3) is 0.500. The van der Waals surface area contributed by atoms with Crippen molar-refractivity contribution in [1.82, 2.24) is 10.2 Å². The van der Waals surface area contributed by atoms with Gasteiger partial charge in [-0.1, -0.05) is 31.2 Å². The zero-order valence-corrected chi connectivity index (χ0v) is 12.0. The summed E-state index contributed by atoms with van der Waals surface area (Å²) in [7, 11) is 0. The van der Waals surface area contributed by atoms with E-state index in [2.05, 4.69) is 12.2 Å². The summed E-state index contributed by atoms with van der Waals surface area (Å²) in [5.41, 5.74) is 1.92. The molecule has 1 N–H and O–H groups in total. The highest BCUT2D eigenvalue weighted by Gasteiger charge is 2.17. The predicted octanol–water partition coefficient (Wildman–Crippen LogP) is 1.64. The predicted molar refractivity (Wildman–Crippen MR) is 78.8 cm³/mol. The molecule has 2 rings (SSSR count). The smallest absolute Gasteiger partial charge is 0.223 e. The summed E-state index contributed by atoms with van der Waals surface area (Å²) < 4.78 is 0. The molecule has 1 amide bonds. The number of carbonyl (C=O) groups excluding carboxylic acids is 2. The van der Waals surface area contributed by atoms with Crippen molar-refractivity contribution < 1.29 is 9.59 Å². The number of hydrogen-bond acceptors (Lipinski definition) is 3. The molecule has 1 aliphatic rings. The third-order valence-corrected chi connectivity index (χ3v) is 3.72. The first-order chi connectivity index (χ1) is 9.70. The summed E-state index contributed by atoms with van der Waals surface area (Å²) in [5.74, 6) is 0.140. The van der Waals surface area contributed by atoms with Gasteiger partial charge in [0, 0.05) is 44.6 Å². The average molecular weight is 274 g/mol. The average Bonchev–Trinajstić information content (AvgIpc) is 2.53. The molecule has 1 aromatic rings. The highest BCUT2D eigenvalue weighted by atomic mass is 16.2. The standard InChI is InChI=1S/C16H22N2O2/c1-2-13-3-5-14(6-4-13)15(19)7-8-16(20)18-11-9-17-10-12-18/h3-6,17H,2,7-12H2,1H3. The van der Waals surface area contributed by atoms with Crippen molar-refractivity contribution in [2.75, 3.05) is 26.2 Å². The van der Waals surface area contributed by atoms with E-state index in [9.17, 15) is 9.59 Å². The lowest BCUT2D eigenvalue weighted by molar-refractivity contribution is -0.131. The van der Waals surface area contributed by atoms with Crippen LogP contribution in [0.1, 0.15) is 35.7 Å². The maximum absolute atomic E-state index is 12.0. The number of piperazine rings is 1. The van der Waals surface area contributed by atoms with E-state index in [0.717, 1.165) is 32.6 Å². The number of ketones is 1. The molecule has 0 spiro atoms. The second-order valence-electron chi connectivity index (χ2n) is 5.10. The van der Waals surface area contributed by atoms with Crippen LogP contribution in [-0.2, 0) is 11.2 Å². The van der Waals surface area contributed by atoms with Crippen molar-refractivity contribution in [1.29, 1.82) is 0 Å². The van der Waals surface area contributed by atoms with Crippen molar-refractivity contribution in [3.05, 3.63) is 35.4 Å². The lowest BCUT2D eigenvalue weighted by Gasteiger charge is -2.27. The first kappa shape index (κ1) is 14.7. The molecule has 1 aliphatic heterocycles. The van der Waals surface area contributed by atoms with Crippen LogP contribution in [0.4, 0.5) is 0 Å². The highest BCUT2D eigenvalue weighted by Crippen LogP contribution is 2.10. The molecule has 108 valence electrons. The molecule has 0 aromatic heterocycles. The van der Waals surface area contributed by atoms with Crippen LogP contribution in [0.25, 0.3) is 0 Å². The van der Waals surface area contributed by atoms with Crippen molar-refractivity contribution in [2.24, 2.45) is 0 Å². The Labute approximate surface area is 120 Å². The lowest BCUT2D eigenvalue weighted by atomic mass is 10.0. The third kappa shape index (κ3) is 3.90. The number of rotatable bonds is 5. The van der Waals surface area contributed by atoms with Gasteiger partial charge in [-0.3, -0.25) is 9.59 Å². The number of carbonyl (C=O) groups is 2. The van der Waals surface area contributed by atoms with E-state index >= 15 is 0 Å². The van der Waals surface area contributed by atoms with Crippen LogP contribution in [0.2, 0.25) is 0 Å². The molecular formula is C16H22N2O2. The molecule has 0 unspecified atom stereocenters. The minimum absolute atomic E-state index is 0.0520. The van der Waals surface area contributed by atoms with Gasteiger partial charge in [-0.05, 0) is 12.0 Å². The maximum Gasteiger partial charge on any atom is 0.223 e. The van der Waals surface area contributed by atoms with E-state index in [1.165, 1.54) is 5.56 Å². The van der Waals surface area contributed by atoms with Gasteiger partial charge < -0.3 is 10.2 Å². The summed E-state index contributed by atoms with van der Waals surface area (Å²) in [6, 6.07) is 7.67. The Bertz CT molecular complexity index is 462. The lowest BCUT2D eigenvalue weighted by Crippen LogP contribution is -2.46. The fourth-order valence-corrected chi connectivity index (χ4v) is 2.36. The van der Waals surface area contributed by atoms with Gasteiger partial charge in [0.1, 0.15) is 0 Å². The number of benzene rings is 1. The Morgan fingerprint density at radius 2 is 1.75 bits per heavy atom. The van der Waals surface area contributed by atoms with Crippen molar-refractivity contribution in [2.45, 2.75) is 26.2 Å². The van der Waals surface area contributed by atoms with E-state index in [1.54, 1.807) is 0 Å². The SMILES string of the molecule is CCc1ccc(C(=O)CCC(=O)N2CCNCC2)cc1. The van der Waals surface area contributed by atoms with Gasteiger partial charge in [-0.2, -0.15) is 0 Å². The minimum Gasteiger partial charge on any atom is -0.340 e. The van der Waals surface area contributed by atoms with Crippen LogP contribution in [0.5, 0.6) is 0 Å². The number of amides is 1. The van der Waals surface area contributed by atoms with Crippen molar-refractivity contribution in [3.63, 3.8) is 0 Å². The number of aryl methyl sites for hydroxylation is 1. The highest BCUT2D eigenvalue weighted by molar-refractivity contribution is 5.97. The normalized spacial score (nSPS) is 15.2. The third-order valence-electron chi connectivity index (χ3n) is 3.72. The molecule has 0 aliphatic carbocycles. The maximum atomic E-state index is 12.0. The topological polar surface area (TPSA) is 49.4 Å². The Hall–Kier alpha value is -1.68. The summed E-state index contributed by atoms with van der Waals surface area (Å²) in [5, 5.41) is 3.21. The van der Waals surface area contributed by atoms with E-state index in [-0.39, 0.29) is 11.7 Å². The first-order valence-electron chi connectivity index (χ1n) is 7.31. The molecule has 1 fully saturated rings. The van der Waals surface area contributed by atoms with E-state index in [0.29, 0.717) is 18.4 Å². The number of nitrogens with one attached hydrogen (secondary N) is 1. The van der Waals surface area contributed by atoms with E-state index < -0.39 is 0 Å². The van der Waals surface area contributed by atoms with Crippen LogP contribution in [0, 0.1) is 0 Å². The number of hydrogen-bond donors (Lipinski definition) is 1. The molecule has 4 nitrogen and oxygen atoms in total. The minimum atomic E-state index is 0.0520. The molecule has 0 bridgehead atoms. The summed E-state index contributed by atoms with van der Waals surface area (Å²) in [6.45, 7) is 5.27. The van der Waals surface area contributed by atoms with Crippen molar-refractivity contribution in [3.8, 4) is 0 Å². The molecule has 4 heteroatoms. The van der Waals surface area contributed by atoms with Gasteiger partial charge in [0.25, 0.3) is 0 Å². The monoisotopic (exact) mass is 274 g/mol. The van der Waals surface area contributed by atoms with Crippen LogP contribution in [-0.4, -0.2) is 42.8 Å². The first-order valence-corrected chi connectivity index (χ1v) is 7.31. The molecule has 1 saturated heterocycles. The largest absolute Gasteiger partial charge is 0.340 e. The molecule has 0 saturated carbocycles. The Morgan fingerprint density at radius 3 is 2.35 bits per heavy atom. The molecule has 0 radical (unpaired) electrons. The summed E-state index contributed by atoms with van der Waals surface area (Å²) >= 11 is 0.